The van der Waals surface area contributed by atoms with Crippen LogP contribution in [0.15, 0.2) is 16.8 Å². The molecular weight excluding hydrogens is 188 g/mol. The maximum absolute atomic E-state index is 10.9. The van der Waals surface area contributed by atoms with Gasteiger partial charge in [-0.05, 0) is 16.8 Å². The quantitative estimate of drug-likeness (QED) is 0.768. The lowest BCUT2D eigenvalue weighted by Gasteiger charge is -2.13. The second kappa shape index (κ2) is 4.84. The third-order valence-electron chi connectivity index (χ3n) is 1.58. The van der Waals surface area contributed by atoms with Gasteiger partial charge in [-0.1, -0.05) is 0 Å². The molecule has 1 unspecified atom stereocenters. The molecule has 13 heavy (non-hydrogen) atoms. The highest BCUT2D eigenvalue weighted by molar-refractivity contribution is 7.07. The molecule has 0 bridgehead atoms. The van der Waals surface area contributed by atoms with Crippen LogP contribution in [0.25, 0.3) is 0 Å². The average Bonchev–Trinajstić information content (AvgIpc) is 2.66. The van der Waals surface area contributed by atoms with Crippen LogP contribution in [0.4, 0.5) is 4.79 Å². The highest BCUT2D eigenvalue weighted by Gasteiger charge is 2.13. The van der Waals surface area contributed by atoms with Crippen molar-refractivity contribution in [3.63, 3.8) is 0 Å². The van der Waals surface area contributed by atoms with E-state index in [0.29, 0.717) is 6.54 Å². The second-order valence-electron chi connectivity index (χ2n) is 2.44. The predicted molar refractivity (Wildman–Crippen MR) is 51.7 cm³/mol. The Bertz CT molecular complexity index is 261. The van der Waals surface area contributed by atoms with Crippen LogP contribution in [0.1, 0.15) is 11.7 Å². The summed E-state index contributed by atoms with van der Waals surface area (Å²) >= 11 is 1.55. The monoisotopic (exact) mass is 200 g/mol. The van der Waals surface area contributed by atoms with Crippen LogP contribution in [0.2, 0.25) is 0 Å². The third-order valence-corrected chi connectivity index (χ3v) is 2.28. The minimum absolute atomic E-state index is 0.296. The maximum atomic E-state index is 10.9. The molecule has 3 N–H and O–H groups in total. The fourth-order valence-electron chi connectivity index (χ4n) is 0.899. The number of hydrogen-bond acceptors (Lipinski definition) is 4. The summed E-state index contributed by atoms with van der Waals surface area (Å²) < 4.78 is 5.02. The van der Waals surface area contributed by atoms with Gasteiger partial charge in [0.1, 0.15) is 6.10 Å². The first-order valence-corrected chi connectivity index (χ1v) is 4.82. The van der Waals surface area contributed by atoms with Crippen molar-refractivity contribution in [2.75, 3.05) is 13.6 Å². The van der Waals surface area contributed by atoms with E-state index in [1.165, 1.54) is 7.05 Å². The Balaban J connectivity index is 2.58. The molecule has 4 nitrogen and oxygen atoms in total. The van der Waals surface area contributed by atoms with Gasteiger partial charge in [0.25, 0.3) is 0 Å². The Morgan fingerprint density at radius 3 is 3.08 bits per heavy atom. The summed E-state index contributed by atoms with van der Waals surface area (Å²) in [7, 11) is 1.52. The molecule has 1 atom stereocenters. The Kier molecular flexibility index (Phi) is 3.72. The van der Waals surface area contributed by atoms with Gasteiger partial charge in [-0.2, -0.15) is 11.3 Å². The molecule has 0 aliphatic heterocycles. The lowest BCUT2D eigenvalue weighted by molar-refractivity contribution is 0.104. The summed E-state index contributed by atoms with van der Waals surface area (Å²) in [6.07, 6.45) is -0.798. The van der Waals surface area contributed by atoms with Crippen LogP contribution < -0.4 is 11.1 Å². The molecule has 0 aliphatic rings. The number of carbonyl (C=O) groups excluding carboxylic acids is 1. The van der Waals surface area contributed by atoms with E-state index in [2.05, 4.69) is 5.32 Å². The zero-order chi connectivity index (χ0) is 9.68. The van der Waals surface area contributed by atoms with Crippen molar-refractivity contribution in [2.24, 2.45) is 5.73 Å². The molecule has 1 aromatic heterocycles. The van der Waals surface area contributed by atoms with Gasteiger partial charge in [-0.15, -0.1) is 0 Å². The lowest BCUT2D eigenvalue weighted by Crippen LogP contribution is -2.25. The Hall–Kier alpha value is -1.07. The number of rotatable bonds is 3. The van der Waals surface area contributed by atoms with Gasteiger partial charge in [0.05, 0.1) is 0 Å². The van der Waals surface area contributed by atoms with E-state index in [1.54, 1.807) is 11.3 Å². The largest absolute Gasteiger partial charge is 0.440 e. The van der Waals surface area contributed by atoms with E-state index in [4.69, 9.17) is 10.5 Å². The SMILES string of the molecule is CNC(=O)OC(CN)c1ccsc1. The summed E-state index contributed by atoms with van der Waals surface area (Å²) in [5, 5.41) is 6.22. The van der Waals surface area contributed by atoms with Crippen molar-refractivity contribution in [3.8, 4) is 0 Å². The standard InChI is InChI=1S/C8H12N2O2S/c1-10-8(11)12-7(4-9)6-2-3-13-5-6/h2-3,5,7H,4,9H2,1H3,(H,10,11). The molecule has 0 saturated heterocycles. The van der Waals surface area contributed by atoms with Crippen LogP contribution in [-0.2, 0) is 4.74 Å². The van der Waals surface area contributed by atoms with Crippen LogP contribution >= 0.6 is 11.3 Å². The van der Waals surface area contributed by atoms with E-state index in [1.807, 2.05) is 16.8 Å². The number of nitrogens with two attached hydrogens (primary N) is 1. The molecule has 72 valence electrons. The van der Waals surface area contributed by atoms with E-state index in [-0.39, 0.29) is 6.10 Å². The van der Waals surface area contributed by atoms with Gasteiger partial charge in [0.2, 0.25) is 0 Å². The average molecular weight is 200 g/mol. The van der Waals surface area contributed by atoms with Crippen LogP contribution in [-0.4, -0.2) is 19.7 Å². The number of thiophene rings is 1. The number of ether oxygens (including phenoxy) is 1. The smallest absolute Gasteiger partial charge is 0.407 e. The van der Waals surface area contributed by atoms with E-state index < -0.39 is 6.09 Å². The molecule has 1 amide bonds. The number of alkyl carbamates (subject to hydrolysis) is 1. The minimum atomic E-state index is -0.457. The topological polar surface area (TPSA) is 64.3 Å². The van der Waals surface area contributed by atoms with Gasteiger partial charge in [0, 0.05) is 19.2 Å². The first kappa shape index (κ1) is 10.0. The number of amides is 1. The Labute approximate surface area is 80.7 Å². The van der Waals surface area contributed by atoms with Crippen molar-refractivity contribution < 1.29 is 9.53 Å². The normalized spacial score (nSPS) is 12.2. The van der Waals surface area contributed by atoms with Gasteiger partial charge >= 0.3 is 6.09 Å². The predicted octanol–water partition coefficient (Wildman–Crippen LogP) is 1.10. The van der Waals surface area contributed by atoms with Crippen molar-refractivity contribution in [2.45, 2.75) is 6.10 Å². The first-order valence-electron chi connectivity index (χ1n) is 3.88. The summed E-state index contributed by atoms with van der Waals surface area (Å²) in [6, 6.07) is 1.89. The molecule has 0 aliphatic carbocycles. The zero-order valence-electron chi connectivity index (χ0n) is 7.32. The Morgan fingerprint density at radius 2 is 2.62 bits per heavy atom. The van der Waals surface area contributed by atoms with E-state index in [9.17, 15) is 4.79 Å². The summed E-state index contributed by atoms with van der Waals surface area (Å²) in [6.45, 7) is 0.296. The highest BCUT2D eigenvalue weighted by Crippen LogP contribution is 2.18. The van der Waals surface area contributed by atoms with Gasteiger partial charge in [0.15, 0.2) is 0 Å². The second-order valence-corrected chi connectivity index (χ2v) is 3.22. The molecule has 0 spiro atoms. The first-order chi connectivity index (χ1) is 6.27. The van der Waals surface area contributed by atoms with Crippen molar-refractivity contribution in [1.29, 1.82) is 0 Å². The highest BCUT2D eigenvalue weighted by atomic mass is 32.1. The van der Waals surface area contributed by atoms with E-state index >= 15 is 0 Å². The Morgan fingerprint density at radius 1 is 1.85 bits per heavy atom. The number of carbonyl (C=O) groups is 1. The molecule has 0 fully saturated rings. The van der Waals surface area contributed by atoms with Crippen LogP contribution in [0, 0.1) is 0 Å². The van der Waals surface area contributed by atoms with Gasteiger partial charge in [-0.3, -0.25) is 0 Å². The molecule has 1 heterocycles. The third kappa shape index (κ3) is 2.71. The fraction of sp³-hybridized carbons (Fsp3) is 0.375. The number of nitrogens with one attached hydrogen (secondary N) is 1. The van der Waals surface area contributed by atoms with E-state index in [0.717, 1.165) is 5.56 Å². The maximum Gasteiger partial charge on any atom is 0.407 e. The molecule has 1 aromatic rings. The summed E-state index contributed by atoms with van der Waals surface area (Å²) in [4.78, 5) is 10.9. The molecule has 1 rings (SSSR count). The number of hydrogen-bond donors (Lipinski definition) is 2. The van der Waals surface area contributed by atoms with Crippen molar-refractivity contribution >= 4 is 17.4 Å². The van der Waals surface area contributed by atoms with Crippen molar-refractivity contribution in [3.05, 3.63) is 22.4 Å². The summed E-state index contributed by atoms with van der Waals surface area (Å²) in [5.74, 6) is 0. The fourth-order valence-corrected chi connectivity index (χ4v) is 1.60. The van der Waals surface area contributed by atoms with Gasteiger partial charge in [-0.25, -0.2) is 4.79 Å². The van der Waals surface area contributed by atoms with Crippen LogP contribution in [0.3, 0.4) is 0 Å². The molecule has 0 aromatic carbocycles. The molecular formula is C8H12N2O2S. The van der Waals surface area contributed by atoms with Gasteiger partial charge < -0.3 is 15.8 Å². The molecule has 0 saturated carbocycles. The zero-order valence-corrected chi connectivity index (χ0v) is 8.14. The van der Waals surface area contributed by atoms with Crippen LogP contribution in [0.5, 0.6) is 0 Å². The summed E-state index contributed by atoms with van der Waals surface area (Å²) in [5.41, 5.74) is 6.41. The molecule has 0 radical (unpaired) electrons. The lowest BCUT2D eigenvalue weighted by atomic mass is 10.2. The van der Waals surface area contributed by atoms with Crippen molar-refractivity contribution in [1.82, 2.24) is 5.32 Å². The minimum Gasteiger partial charge on any atom is -0.440 e. The molecule has 5 heteroatoms.